The molecule has 0 saturated heterocycles. The minimum Gasteiger partial charge on any atom is -0.468 e. The van der Waals surface area contributed by atoms with Crippen molar-refractivity contribution < 1.29 is 38.6 Å². The van der Waals surface area contributed by atoms with Crippen LogP contribution in [0.2, 0.25) is 0 Å². The fourth-order valence-corrected chi connectivity index (χ4v) is 6.54. The molecule has 1 heterocycles. The maximum atomic E-state index is 13.7. The summed E-state index contributed by atoms with van der Waals surface area (Å²) in [6.45, 7) is -0.152. The molecule has 12 heteroatoms. The van der Waals surface area contributed by atoms with Gasteiger partial charge in [-0.3, -0.25) is 0 Å². The fraction of sp³-hybridized carbons (Fsp3) is 0.103. The maximum Gasteiger partial charge on any atom is 0.416 e. The van der Waals surface area contributed by atoms with Crippen LogP contribution in [0.5, 0.6) is 5.75 Å². The number of halogens is 3. The van der Waals surface area contributed by atoms with Crippen molar-refractivity contribution in [2.45, 2.75) is 29.1 Å². The number of sulfonamides is 1. The first-order valence-electron chi connectivity index (χ1n) is 12.1. The van der Waals surface area contributed by atoms with Crippen LogP contribution in [0.15, 0.2) is 124 Å². The van der Waals surface area contributed by atoms with Crippen LogP contribution >= 0.6 is 0 Å². The fourth-order valence-electron chi connectivity index (χ4n) is 4.14. The molecule has 41 heavy (non-hydrogen) atoms. The Morgan fingerprint density at radius 1 is 0.707 bits per heavy atom. The molecule has 0 radical (unpaired) electrons. The van der Waals surface area contributed by atoms with Crippen LogP contribution in [0.1, 0.15) is 16.9 Å². The van der Waals surface area contributed by atoms with Gasteiger partial charge in [-0.1, -0.05) is 48.5 Å². The Balaban J connectivity index is 1.39. The normalized spacial score (nSPS) is 12.6. The van der Waals surface area contributed by atoms with Crippen LogP contribution in [0.3, 0.4) is 0 Å². The third kappa shape index (κ3) is 6.45. The molecule has 4 aromatic carbocycles. The first-order chi connectivity index (χ1) is 19.4. The van der Waals surface area contributed by atoms with Gasteiger partial charge in [-0.2, -0.15) is 25.9 Å². The number of nitrogens with zero attached hydrogens (tertiary/aromatic N) is 1. The molecule has 0 bridgehead atoms. The zero-order valence-electron chi connectivity index (χ0n) is 21.2. The summed E-state index contributed by atoms with van der Waals surface area (Å²) in [5, 5.41) is 1.65. The van der Waals surface area contributed by atoms with E-state index in [2.05, 4.69) is 0 Å². The zero-order valence-corrected chi connectivity index (χ0v) is 22.8. The molecule has 0 amide bonds. The second-order valence-corrected chi connectivity index (χ2v) is 12.6. The number of furan rings is 1. The predicted octanol–water partition coefficient (Wildman–Crippen LogP) is 6.61. The Labute approximate surface area is 234 Å². The topological polar surface area (TPSA) is 93.9 Å². The molecule has 5 aromatic rings. The Hall–Kier alpha value is -4.13. The number of rotatable bonds is 9. The van der Waals surface area contributed by atoms with Crippen molar-refractivity contribution in [2.75, 3.05) is 0 Å². The molecule has 0 aliphatic carbocycles. The standard InChI is InChI=1S/C29H22F3NO6S2/c30-29(31,32)24-7-3-9-28(18-24)41(36,37)39-25-13-10-21(11-14-25)19-33(20-26-8-4-16-38-26)40(34,35)27-15-12-22-5-1-2-6-23(22)17-27/h1-18H,19-20H2. The summed E-state index contributed by atoms with van der Waals surface area (Å²) >= 11 is 0. The molecule has 0 unspecified atom stereocenters. The second kappa shape index (κ2) is 11.0. The van der Waals surface area contributed by atoms with Gasteiger partial charge in [0.1, 0.15) is 16.4 Å². The van der Waals surface area contributed by atoms with E-state index in [1.807, 2.05) is 24.3 Å². The number of fused-ring (bicyclic) bond motifs is 1. The third-order valence-corrected chi connectivity index (χ3v) is 9.24. The summed E-state index contributed by atoms with van der Waals surface area (Å²) < 4.78 is 103. The number of alkyl halides is 3. The lowest BCUT2D eigenvalue weighted by Crippen LogP contribution is -2.30. The van der Waals surface area contributed by atoms with Crippen molar-refractivity contribution in [1.82, 2.24) is 4.31 Å². The quantitative estimate of drug-likeness (QED) is 0.177. The molecule has 0 fully saturated rings. The van der Waals surface area contributed by atoms with Gasteiger partial charge >= 0.3 is 16.3 Å². The Morgan fingerprint density at radius 2 is 1.44 bits per heavy atom. The van der Waals surface area contributed by atoms with Crippen molar-refractivity contribution in [1.29, 1.82) is 0 Å². The van der Waals surface area contributed by atoms with Crippen molar-refractivity contribution in [3.63, 3.8) is 0 Å². The summed E-state index contributed by atoms with van der Waals surface area (Å²) in [6, 6.07) is 24.3. The summed E-state index contributed by atoms with van der Waals surface area (Å²) in [6.07, 6.45) is -3.28. The van der Waals surface area contributed by atoms with Gasteiger partial charge in [-0.25, -0.2) is 8.42 Å². The Morgan fingerprint density at radius 3 is 2.12 bits per heavy atom. The molecule has 0 atom stereocenters. The Bertz CT molecular complexity index is 1890. The molecule has 5 rings (SSSR count). The minimum absolute atomic E-state index is 0.0651. The van der Waals surface area contributed by atoms with Crippen LogP contribution in [0.4, 0.5) is 13.2 Å². The number of hydrogen-bond acceptors (Lipinski definition) is 6. The van der Waals surface area contributed by atoms with E-state index in [0.717, 1.165) is 29.0 Å². The van der Waals surface area contributed by atoms with Gasteiger partial charge in [0.25, 0.3) is 0 Å². The van der Waals surface area contributed by atoms with Crippen LogP contribution in [0.25, 0.3) is 10.8 Å². The van der Waals surface area contributed by atoms with Crippen LogP contribution in [-0.4, -0.2) is 21.1 Å². The van der Waals surface area contributed by atoms with Gasteiger partial charge in [-0.05, 0) is 70.9 Å². The van der Waals surface area contributed by atoms with Gasteiger partial charge in [-0.15, -0.1) is 0 Å². The molecule has 7 nitrogen and oxygen atoms in total. The molecular weight excluding hydrogens is 579 g/mol. The zero-order chi connectivity index (χ0) is 29.3. The summed E-state index contributed by atoms with van der Waals surface area (Å²) in [4.78, 5) is -0.558. The highest BCUT2D eigenvalue weighted by atomic mass is 32.2. The SMILES string of the molecule is O=S(=O)(Oc1ccc(CN(Cc2ccco2)S(=O)(=O)c2ccc3ccccc3c2)cc1)c1cccc(C(F)(F)F)c1. The lowest BCUT2D eigenvalue weighted by Gasteiger charge is -2.22. The van der Waals surface area contributed by atoms with Crippen molar-refractivity contribution >= 4 is 30.9 Å². The van der Waals surface area contributed by atoms with E-state index in [1.165, 1.54) is 40.9 Å². The largest absolute Gasteiger partial charge is 0.468 e. The van der Waals surface area contributed by atoms with E-state index in [1.54, 1.807) is 24.3 Å². The third-order valence-electron chi connectivity index (χ3n) is 6.21. The highest BCUT2D eigenvalue weighted by Crippen LogP contribution is 2.31. The predicted molar refractivity (Wildman–Crippen MR) is 145 cm³/mol. The molecule has 0 saturated carbocycles. The molecule has 1 aromatic heterocycles. The van der Waals surface area contributed by atoms with Gasteiger partial charge in [0.15, 0.2) is 0 Å². The van der Waals surface area contributed by atoms with Gasteiger partial charge in [0, 0.05) is 6.54 Å². The molecular formula is C29H22F3NO6S2. The molecule has 0 N–H and O–H groups in total. The van der Waals surface area contributed by atoms with E-state index < -0.39 is 36.8 Å². The highest BCUT2D eigenvalue weighted by molar-refractivity contribution is 7.89. The van der Waals surface area contributed by atoms with Crippen molar-refractivity contribution in [3.8, 4) is 5.75 Å². The molecule has 0 spiro atoms. The molecule has 0 aliphatic heterocycles. The first kappa shape index (κ1) is 28.4. The highest BCUT2D eigenvalue weighted by Gasteiger charge is 2.32. The second-order valence-electron chi connectivity index (χ2n) is 9.07. The minimum atomic E-state index is -4.72. The van der Waals surface area contributed by atoms with Crippen LogP contribution in [-0.2, 0) is 39.4 Å². The van der Waals surface area contributed by atoms with E-state index in [-0.39, 0.29) is 23.7 Å². The van der Waals surface area contributed by atoms with E-state index in [0.29, 0.717) is 17.4 Å². The monoisotopic (exact) mass is 601 g/mol. The summed E-state index contributed by atoms with van der Waals surface area (Å²) in [5.74, 6) is 0.266. The first-order valence-corrected chi connectivity index (χ1v) is 15.0. The summed E-state index contributed by atoms with van der Waals surface area (Å²) in [5.41, 5.74) is -0.619. The Kier molecular flexibility index (Phi) is 7.64. The lowest BCUT2D eigenvalue weighted by atomic mass is 10.1. The van der Waals surface area contributed by atoms with E-state index >= 15 is 0 Å². The number of benzene rings is 4. The van der Waals surface area contributed by atoms with Crippen LogP contribution in [0, 0.1) is 0 Å². The van der Waals surface area contributed by atoms with Gasteiger partial charge in [0.2, 0.25) is 10.0 Å². The van der Waals surface area contributed by atoms with Gasteiger partial charge in [0.05, 0.1) is 23.3 Å². The van der Waals surface area contributed by atoms with Crippen LogP contribution < -0.4 is 4.18 Å². The lowest BCUT2D eigenvalue weighted by molar-refractivity contribution is -0.137. The van der Waals surface area contributed by atoms with Crippen molar-refractivity contribution in [2.24, 2.45) is 0 Å². The van der Waals surface area contributed by atoms with E-state index in [9.17, 15) is 30.0 Å². The van der Waals surface area contributed by atoms with Crippen molar-refractivity contribution in [3.05, 3.63) is 126 Å². The van der Waals surface area contributed by atoms with E-state index in [4.69, 9.17) is 8.60 Å². The van der Waals surface area contributed by atoms with Gasteiger partial charge < -0.3 is 8.60 Å². The average molecular weight is 602 g/mol. The smallest absolute Gasteiger partial charge is 0.416 e. The number of hydrogen-bond donors (Lipinski definition) is 0. The molecule has 0 aliphatic rings. The maximum absolute atomic E-state index is 13.7. The average Bonchev–Trinajstić information content (AvgIpc) is 3.46. The molecule has 212 valence electrons. The summed E-state index contributed by atoms with van der Waals surface area (Å²) in [7, 11) is -8.57.